The van der Waals surface area contributed by atoms with Gasteiger partial charge >= 0.3 is 5.97 Å². The largest absolute Gasteiger partial charge is 0.481 e. The quantitative estimate of drug-likeness (QED) is 0.903. The second kappa shape index (κ2) is 6.58. The molecule has 1 atom stereocenters. The number of carboxylic acids is 1. The maximum atomic E-state index is 12.6. The SMILES string of the molecule is Cc1cc(C(=O)N2CCOC(CC(=O)O)C2)c(C)cc1Br. The van der Waals surface area contributed by atoms with Crippen molar-refractivity contribution in [1.29, 1.82) is 0 Å². The molecule has 1 aliphatic heterocycles. The van der Waals surface area contributed by atoms with E-state index in [0.717, 1.165) is 15.6 Å². The van der Waals surface area contributed by atoms with Crippen LogP contribution in [0.15, 0.2) is 16.6 Å². The van der Waals surface area contributed by atoms with Gasteiger partial charge in [-0.2, -0.15) is 0 Å². The van der Waals surface area contributed by atoms with Gasteiger partial charge in [-0.05, 0) is 37.1 Å². The van der Waals surface area contributed by atoms with Gasteiger partial charge in [0.15, 0.2) is 0 Å². The summed E-state index contributed by atoms with van der Waals surface area (Å²) in [5.41, 5.74) is 2.56. The van der Waals surface area contributed by atoms with Crippen LogP contribution in [0.2, 0.25) is 0 Å². The standard InChI is InChI=1S/C15H18BrNO4/c1-9-6-13(16)10(2)5-12(9)15(20)17-3-4-21-11(8-17)7-14(18)19/h5-6,11H,3-4,7-8H2,1-2H3,(H,18,19). The zero-order chi connectivity index (χ0) is 15.6. The van der Waals surface area contributed by atoms with Gasteiger partial charge < -0.3 is 14.7 Å². The minimum absolute atomic E-state index is 0.0678. The van der Waals surface area contributed by atoms with Crippen molar-refractivity contribution in [3.63, 3.8) is 0 Å². The van der Waals surface area contributed by atoms with Gasteiger partial charge in [0.2, 0.25) is 0 Å². The fraction of sp³-hybridized carbons (Fsp3) is 0.467. The summed E-state index contributed by atoms with van der Waals surface area (Å²) >= 11 is 3.45. The van der Waals surface area contributed by atoms with E-state index in [1.165, 1.54) is 0 Å². The number of aryl methyl sites for hydroxylation is 2. The van der Waals surface area contributed by atoms with E-state index < -0.39 is 12.1 Å². The Morgan fingerprint density at radius 2 is 2.10 bits per heavy atom. The molecule has 1 unspecified atom stereocenters. The highest BCUT2D eigenvalue weighted by Gasteiger charge is 2.27. The Morgan fingerprint density at radius 1 is 1.38 bits per heavy atom. The van der Waals surface area contributed by atoms with Crippen LogP contribution in [0.5, 0.6) is 0 Å². The number of halogens is 1. The molecule has 1 saturated heterocycles. The fourth-order valence-electron chi connectivity index (χ4n) is 2.40. The van der Waals surface area contributed by atoms with Crippen molar-refractivity contribution in [3.05, 3.63) is 33.3 Å². The molecule has 1 N–H and O–H groups in total. The van der Waals surface area contributed by atoms with E-state index in [0.29, 0.717) is 25.3 Å². The minimum atomic E-state index is -0.912. The summed E-state index contributed by atoms with van der Waals surface area (Å²) in [6, 6.07) is 3.79. The van der Waals surface area contributed by atoms with Crippen LogP contribution in [0, 0.1) is 13.8 Å². The fourth-order valence-corrected chi connectivity index (χ4v) is 2.86. The average molecular weight is 356 g/mol. The predicted molar refractivity (Wildman–Crippen MR) is 81.5 cm³/mol. The summed E-state index contributed by atoms with van der Waals surface area (Å²) < 4.78 is 6.37. The van der Waals surface area contributed by atoms with Crippen LogP contribution in [0.3, 0.4) is 0 Å². The molecule has 0 radical (unpaired) electrons. The lowest BCUT2D eigenvalue weighted by molar-refractivity contribution is -0.141. The molecule has 114 valence electrons. The number of rotatable bonds is 3. The lowest BCUT2D eigenvalue weighted by atomic mass is 10.0. The van der Waals surface area contributed by atoms with Crippen LogP contribution < -0.4 is 0 Å². The second-order valence-corrected chi connectivity index (χ2v) is 6.11. The van der Waals surface area contributed by atoms with Crippen LogP contribution in [0.4, 0.5) is 0 Å². The van der Waals surface area contributed by atoms with Crippen molar-refractivity contribution < 1.29 is 19.4 Å². The van der Waals surface area contributed by atoms with Crippen LogP contribution >= 0.6 is 15.9 Å². The zero-order valence-electron chi connectivity index (χ0n) is 12.1. The van der Waals surface area contributed by atoms with Crippen molar-refractivity contribution in [2.45, 2.75) is 26.4 Å². The molecule has 0 aliphatic carbocycles. The number of benzene rings is 1. The summed E-state index contributed by atoms with van der Waals surface area (Å²) in [7, 11) is 0. The molecule has 1 fully saturated rings. The van der Waals surface area contributed by atoms with E-state index in [-0.39, 0.29) is 12.3 Å². The summed E-state index contributed by atoms with van der Waals surface area (Å²) in [5.74, 6) is -0.980. The van der Waals surface area contributed by atoms with Crippen molar-refractivity contribution in [1.82, 2.24) is 4.90 Å². The smallest absolute Gasteiger partial charge is 0.306 e. The summed E-state index contributed by atoms with van der Waals surface area (Å²) in [4.78, 5) is 25.1. The van der Waals surface area contributed by atoms with Crippen LogP contribution in [-0.2, 0) is 9.53 Å². The van der Waals surface area contributed by atoms with Gasteiger partial charge in [0.1, 0.15) is 0 Å². The Balaban J connectivity index is 2.16. The Hall–Kier alpha value is -1.40. The molecule has 0 aromatic heterocycles. The highest BCUT2D eigenvalue weighted by Crippen LogP contribution is 2.23. The molecular weight excluding hydrogens is 338 g/mol. The summed E-state index contributed by atoms with van der Waals surface area (Å²) in [5, 5.41) is 8.83. The monoisotopic (exact) mass is 355 g/mol. The number of ether oxygens (including phenoxy) is 1. The highest BCUT2D eigenvalue weighted by atomic mass is 79.9. The molecule has 1 aromatic rings. The van der Waals surface area contributed by atoms with Crippen molar-refractivity contribution in [3.8, 4) is 0 Å². The summed E-state index contributed by atoms with van der Waals surface area (Å²) in [6.07, 6.45) is -0.515. The predicted octanol–water partition coefficient (Wildman–Crippen LogP) is 2.38. The first-order valence-electron chi connectivity index (χ1n) is 6.78. The zero-order valence-corrected chi connectivity index (χ0v) is 13.6. The number of carbonyl (C=O) groups excluding carboxylic acids is 1. The van der Waals surface area contributed by atoms with E-state index in [4.69, 9.17) is 9.84 Å². The molecule has 1 amide bonds. The number of morpholine rings is 1. The number of amides is 1. The first-order chi connectivity index (χ1) is 9.88. The molecule has 1 heterocycles. The molecule has 6 heteroatoms. The van der Waals surface area contributed by atoms with Crippen molar-refractivity contribution in [2.24, 2.45) is 0 Å². The Kier molecular flexibility index (Phi) is 5.00. The first-order valence-corrected chi connectivity index (χ1v) is 7.57. The van der Waals surface area contributed by atoms with Gasteiger partial charge in [-0.3, -0.25) is 9.59 Å². The van der Waals surface area contributed by atoms with E-state index in [9.17, 15) is 9.59 Å². The number of hydrogen-bond donors (Lipinski definition) is 1. The van der Waals surface area contributed by atoms with Gasteiger partial charge in [0, 0.05) is 23.1 Å². The van der Waals surface area contributed by atoms with E-state index in [1.54, 1.807) is 4.90 Å². The number of hydrogen-bond acceptors (Lipinski definition) is 3. The van der Waals surface area contributed by atoms with E-state index in [2.05, 4.69) is 15.9 Å². The molecule has 21 heavy (non-hydrogen) atoms. The highest BCUT2D eigenvalue weighted by molar-refractivity contribution is 9.10. The maximum absolute atomic E-state index is 12.6. The summed E-state index contributed by atoms with van der Waals surface area (Å²) in [6.45, 7) is 5.01. The van der Waals surface area contributed by atoms with Gasteiger partial charge in [-0.25, -0.2) is 0 Å². The number of nitrogens with zero attached hydrogens (tertiary/aromatic N) is 1. The third kappa shape index (κ3) is 3.83. The molecule has 5 nitrogen and oxygen atoms in total. The molecule has 0 spiro atoms. The van der Waals surface area contributed by atoms with Gasteiger partial charge in [-0.1, -0.05) is 15.9 Å². The van der Waals surface area contributed by atoms with Crippen LogP contribution in [-0.4, -0.2) is 47.7 Å². The van der Waals surface area contributed by atoms with Crippen LogP contribution in [0.1, 0.15) is 27.9 Å². The third-order valence-corrected chi connectivity index (χ3v) is 4.42. The molecule has 1 aliphatic rings. The molecule has 0 saturated carbocycles. The third-order valence-electron chi connectivity index (χ3n) is 3.56. The molecule has 0 bridgehead atoms. The minimum Gasteiger partial charge on any atom is -0.481 e. The Bertz CT molecular complexity index is 573. The maximum Gasteiger partial charge on any atom is 0.306 e. The topological polar surface area (TPSA) is 66.8 Å². The van der Waals surface area contributed by atoms with Crippen molar-refractivity contribution >= 4 is 27.8 Å². The number of aliphatic carboxylic acids is 1. The average Bonchev–Trinajstić information content (AvgIpc) is 2.41. The van der Waals surface area contributed by atoms with Gasteiger partial charge in [-0.15, -0.1) is 0 Å². The van der Waals surface area contributed by atoms with Crippen LogP contribution in [0.25, 0.3) is 0 Å². The first kappa shape index (κ1) is 16.0. The lowest BCUT2D eigenvalue weighted by Crippen LogP contribution is -2.46. The van der Waals surface area contributed by atoms with E-state index >= 15 is 0 Å². The molecule has 2 rings (SSSR count). The van der Waals surface area contributed by atoms with E-state index in [1.807, 2.05) is 26.0 Å². The second-order valence-electron chi connectivity index (χ2n) is 5.26. The van der Waals surface area contributed by atoms with Crippen molar-refractivity contribution in [2.75, 3.05) is 19.7 Å². The number of carbonyl (C=O) groups is 2. The lowest BCUT2D eigenvalue weighted by Gasteiger charge is -2.32. The Morgan fingerprint density at radius 3 is 2.76 bits per heavy atom. The molecule has 1 aromatic carbocycles. The number of carboxylic acid groups (broad SMARTS) is 1. The molecular formula is C15H18BrNO4. The van der Waals surface area contributed by atoms with Gasteiger partial charge in [0.25, 0.3) is 5.91 Å². The van der Waals surface area contributed by atoms with Gasteiger partial charge in [0.05, 0.1) is 19.1 Å². The normalized spacial score (nSPS) is 18.6. The Labute approximate surface area is 132 Å².